The van der Waals surface area contributed by atoms with Gasteiger partial charge in [-0.1, -0.05) is 50.6 Å². The minimum absolute atomic E-state index is 0.0126. The summed E-state index contributed by atoms with van der Waals surface area (Å²) in [5, 5.41) is 2.83. The zero-order chi connectivity index (χ0) is 16.8. The first kappa shape index (κ1) is 17.7. The van der Waals surface area contributed by atoms with E-state index in [2.05, 4.69) is 24.2 Å². The number of rotatable bonds is 7. The van der Waals surface area contributed by atoms with Gasteiger partial charge in [-0.15, -0.1) is 0 Å². The molecule has 1 aliphatic heterocycles. The van der Waals surface area contributed by atoms with Gasteiger partial charge in [0, 0.05) is 17.5 Å². The summed E-state index contributed by atoms with van der Waals surface area (Å²) in [4.78, 5) is 26.9. The van der Waals surface area contributed by atoms with Gasteiger partial charge in [-0.25, -0.2) is 0 Å². The molecule has 4 heteroatoms. The molecule has 1 heterocycles. The lowest BCUT2D eigenvalue weighted by molar-refractivity contribution is -0.126. The molecular formula is C19H28N2O2. The van der Waals surface area contributed by atoms with Crippen molar-refractivity contribution in [2.45, 2.75) is 39.2 Å². The highest BCUT2D eigenvalue weighted by molar-refractivity contribution is 5.99. The first-order valence-electron chi connectivity index (χ1n) is 8.60. The van der Waals surface area contributed by atoms with Crippen molar-refractivity contribution in [2.24, 2.45) is 11.8 Å². The van der Waals surface area contributed by atoms with Crippen molar-refractivity contribution in [3.63, 3.8) is 0 Å². The fourth-order valence-electron chi connectivity index (χ4n) is 3.68. The lowest BCUT2D eigenvalue weighted by Crippen LogP contribution is -2.43. The van der Waals surface area contributed by atoms with Crippen LogP contribution in [0.4, 0.5) is 0 Å². The normalized spacial score (nSPS) is 20.9. The number of nitrogens with one attached hydrogen (secondary N) is 1. The Balaban J connectivity index is 1.90. The number of carbonyl (C=O) groups is 2. The topological polar surface area (TPSA) is 49.4 Å². The highest BCUT2D eigenvalue weighted by Crippen LogP contribution is 2.30. The number of Topliss-reactive ketones (excluding diaryl/α,β-unsaturated/α-hetero) is 1. The smallest absolute Gasteiger partial charge is 0.223 e. The lowest BCUT2D eigenvalue weighted by atomic mass is 9.83. The van der Waals surface area contributed by atoms with Crippen LogP contribution in [0.25, 0.3) is 0 Å². The molecule has 23 heavy (non-hydrogen) atoms. The molecule has 126 valence electrons. The van der Waals surface area contributed by atoms with E-state index < -0.39 is 0 Å². The maximum Gasteiger partial charge on any atom is 0.223 e. The Bertz CT molecular complexity index is 529. The van der Waals surface area contributed by atoms with Crippen LogP contribution >= 0.6 is 0 Å². The van der Waals surface area contributed by atoms with Crippen LogP contribution in [0, 0.1) is 11.8 Å². The second-order valence-corrected chi connectivity index (χ2v) is 6.56. The molecule has 0 spiro atoms. The van der Waals surface area contributed by atoms with E-state index in [1.807, 2.05) is 25.1 Å². The van der Waals surface area contributed by atoms with Crippen LogP contribution in [0.1, 0.15) is 43.5 Å². The zero-order valence-electron chi connectivity index (χ0n) is 14.4. The van der Waals surface area contributed by atoms with Gasteiger partial charge in [0.05, 0.1) is 6.54 Å². The summed E-state index contributed by atoms with van der Waals surface area (Å²) in [7, 11) is 2.14. The van der Waals surface area contributed by atoms with E-state index in [4.69, 9.17) is 0 Å². The molecule has 0 radical (unpaired) electrons. The summed E-state index contributed by atoms with van der Waals surface area (Å²) in [6.07, 6.45) is 3.35. The van der Waals surface area contributed by atoms with E-state index in [0.29, 0.717) is 17.5 Å². The highest BCUT2D eigenvalue weighted by Gasteiger charge is 2.34. The van der Waals surface area contributed by atoms with Crippen LogP contribution in [0.15, 0.2) is 30.3 Å². The van der Waals surface area contributed by atoms with Crippen molar-refractivity contribution in [3.8, 4) is 0 Å². The molecule has 1 fully saturated rings. The van der Waals surface area contributed by atoms with E-state index in [1.54, 1.807) is 12.1 Å². The molecule has 1 N–H and O–H groups in total. The fourth-order valence-corrected chi connectivity index (χ4v) is 3.68. The third kappa shape index (κ3) is 4.41. The Kier molecular flexibility index (Phi) is 6.34. The van der Waals surface area contributed by atoms with Crippen LogP contribution in [0.2, 0.25) is 0 Å². The number of amides is 1. The summed E-state index contributed by atoms with van der Waals surface area (Å²) < 4.78 is 0. The van der Waals surface area contributed by atoms with Crippen molar-refractivity contribution in [3.05, 3.63) is 35.9 Å². The van der Waals surface area contributed by atoms with E-state index in [0.717, 1.165) is 19.4 Å². The molecule has 0 aromatic heterocycles. The molecule has 0 saturated carbocycles. The maximum atomic E-state index is 12.5. The van der Waals surface area contributed by atoms with Crippen molar-refractivity contribution in [1.82, 2.24) is 10.2 Å². The van der Waals surface area contributed by atoms with Crippen molar-refractivity contribution in [2.75, 3.05) is 20.1 Å². The summed E-state index contributed by atoms with van der Waals surface area (Å²) in [5.41, 5.74) is 0.642. The lowest BCUT2D eigenvalue weighted by Gasteiger charge is -2.32. The molecule has 0 aliphatic carbocycles. The molecule has 2 rings (SSSR count). The Morgan fingerprint density at radius 2 is 2.00 bits per heavy atom. The van der Waals surface area contributed by atoms with Crippen molar-refractivity contribution >= 4 is 11.7 Å². The van der Waals surface area contributed by atoms with Gasteiger partial charge in [0.15, 0.2) is 5.78 Å². The maximum absolute atomic E-state index is 12.5. The van der Waals surface area contributed by atoms with Crippen LogP contribution < -0.4 is 5.32 Å². The van der Waals surface area contributed by atoms with Gasteiger partial charge in [-0.3, -0.25) is 9.59 Å². The average molecular weight is 316 g/mol. The number of benzene rings is 1. The predicted octanol–water partition coefficient (Wildman–Crippen LogP) is 2.74. The molecular weight excluding hydrogens is 288 g/mol. The molecule has 1 amide bonds. The van der Waals surface area contributed by atoms with Gasteiger partial charge in [-0.05, 0) is 32.4 Å². The largest absolute Gasteiger partial charge is 0.348 e. The molecule has 1 aliphatic rings. The Morgan fingerprint density at radius 1 is 1.30 bits per heavy atom. The first-order chi connectivity index (χ1) is 11.0. The molecule has 4 nitrogen and oxygen atoms in total. The molecule has 1 aromatic carbocycles. The third-order valence-corrected chi connectivity index (χ3v) is 5.12. The Morgan fingerprint density at radius 3 is 2.57 bits per heavy atom. The van der Waals surface area contributed by atoms with E-state index in [9.17, 15) is 9.59 Å². The monoisotopic (exact) mass is 316 g/mol. The molecule has 0 bridgehead atoms. The van der Waals surface area contributed by atoms with Gasteiger partial charge in [-0.2, -0.15) is 0 Å². The van der Waals surface area contributed by atoms with Gasteiger partial charge < -0.3 is 10.2 Å². The minimum Gasteiger partial charge on any atom is -0.348 e. The Hall–Kier alpha value is -1.68. The van der Waals surface area contributed by atoms with E-state index >= 15 is 0 Å². The summed E-state index contributed by atoms with van der Waals surface area (Å²) in [6.45, 7) is 5.32. The average Bonchev–Trinajstić information content (AvgIpc) is 2.99. The van der Waals surface area contributed by atoms with Crippen molar-refractivity contribution in [1.29, 1.82) is 0 Å². The number of hydrogen-bond donors (Lipinski definition) is 1. The van der Waals surface area contributed by atoms with Gasteiger partial charge in [0.25, 0.3) is 0 Å². The quantitative estimate of drug-likeness (QED) is 0.787. The molecule has 1 saturated heterocycles. The third-order valence-electron chi connectivity index (χ3n) is 5.12. The SMILES string of the molecule is CC[C@H]([C@@H](C)C(=O)NCC(=O)c1ccccc1)[C@@H]1CCCN1C. The summed E-state index contributed by atoms with van der Waals surface area (Å²) in [6, 6.07) is 9.58. The van der Waals surface area contributed by atoms with Crippen LogP contribution in [0.3, 0.4) is 0 Å². The standard InChI is InChI=1S/C19H28N2O2/c1-4-16(17-11-8-12-21(17)3)14(2)19(23)20-13-18(22)15-9-6-5-7-10-15/h5-7,9-10,14,16-17H,4,8,11-13H2,1-3H3,(H,20,23)/t14-,16-,17+/m1/s1. The van der Waals surface area contributed by atoms with Gasteiger partial charge in [0.1, 0.15) is 0 Å². The minimum atomic E-state index is -0.0749. The summed E-state index contributed by atoms with van der Waals surface area (Å²) >= 11 is 0. The zero-order valence-corrected chi connectivity index (χ0v) is 14.4. The van der Waals surface area contributed by atoms with Gasteiger partial charge >= 0.3 is 0 Å². The highest BCUT2D eigenvalue weighted by atomic mass is 16.2. The molecule has 3 atom stereocenters. The second-order valence-electron chi connectivity index (χ2n) is 6.56. The number of ketones is 1. The Labute approximate surface area is 139 Å². The van der Waals surface area contributed by atoms with Crippen LogP contribution in [-0.4, -0.2) is 42.8 Å². The van der Waals surface area contributed by atoms with Gasteiger partial charge in [0.2, 0.25) is 5.91 Å². The van der Waals surface area contributed by atoms with Crippen LogP contribution in [-0.2, 0) is 4.79 Å². The predicted molar refractivity (Wildman–Crippen MR) is 92.4 cm³/mol. The first-order valence-corrected chi connectivity index (χ1v) is 8.60. The number of hydrogen-bond acceptors (Lipinski definition) is 3. The number of likely N-dealkylation sites (tertiary alicyclic amines) is 1. The second kappa shape index (κ2) is 8.25. The van der Waals surface area contributed by atoms with E-state index in [-0.39, 0.29) is 24.2 Å². The molecule has 1 aromatic rings. The fraction of sp³-hybridized carbons (Fsp3) is 0.579. The summed E-state index contributed by atoms with van der Waals surface area (Å²) in [5.74, 6) is 0.210. The van der Waals surface area contributed by atoms with Crippen molar-refractivity contribution < 1.29 is 9.59 Å². The molecule has 0 unspecified atom stereocenters. The number of nitrogens with zero attached hydrogens (tertiary/aromatic N) is 1. The van der Waals surface area contributed by atoms with E-state index in [1.165, 1.54) is 6.42 Å². The van der Waals surface area contributed by atoms with Crippen LogP contribution in [0.5, 0.6) is 0 Å². The number of carbonyl (C=O) groups excluding carboxylic acids is 2.